The summed E-state index contributed by atoms with van der Waals surface area (Å²) in [6.45, 7) is 0. The summed E-state index contributed by atoms with van der Waals surface area (Å²) in [5.41, 5.74) is 11.5. The van der Waals surface area contributed by atoms with Gasteiger partial charge in [-0.2, -0.15) is 0 Å². The van der Waals surface area contributed by atoms with Crippen LogP contribution in [-0.4, -0.2) is 15.1 Å². The largest absolute Gasteiger partial charge is 0.393 e. The summed E-state index contributed by atoms with van der Waals surface area (Å²) in [7, 11) is 0. The van der Waals surface area contributed by atoms with Crippen LogP contribution in [0.15, 0.2) is 23.0 Å². The van der Waals surface area contributed by atoms with E-state index in [4.69, 9.17) is 16.0 Å². The Balaban J connectivity index is 2.32. The number of aromatic nitrogens is 3. The first-order valence-corrected chi connectivity index (χ1v) is 5.18. The Morgan fingerprint density at radius 2 is 1.89 bits per heavy atom. The van der Waals surface area contributed by atoms with E-state index in [0.717, 1.165) is 18.5 Å². The summed E-state index contributed by atoms with van der Waals surface area (Å²) in [5.74, 6) is -1.25. The Hall–Kier alpha value is -2.77. The minimum Gasteiger partial charge on any atom is -0.393 e. The third-order valence-electron chi connectivity index (χ3n) is 2.62. The summed E-state index contributed by atoms with van der Waals surface area (Å²) in [5, 5.41) is 3.70. The monoisotopic (exact) mass is 263 g/mol. The van der Waals surface area contributed by atoms with Crippen molar-refractivity contribution >= 4 is 22.6 Å². The molecular weight excluding hydrogens is 256 g/mol. The Kier molecular flexibility index (Phi) is 2.31. The van der Waals surface area contributed by atoms with Crippen LogP contribution in [0, 0.1) is 11.6 Å². The quantitative estimate of drug-likeness (QED) is 0.692. The molecule has 96 valence electrons. The molecule has 0 amide bonds. The number of pyridine rings is 2. The first-order chi connectivity index (χ1) is 9.08. The summed E-state index contributed by atoms with van der Waals surface area (Å²) in [6.07, 6.45) is 1.91. The average molecular weight is 263 g/mol. The third-order valence-corrected chi connectivity index (χ3v) is 2.62. The molecule has 0 unspecified atom stereocenters. The zero-order valence-corrected chi connectivity index (χ0v) is 9.39. The van der Waals surface area contributed by atoms with Crippen molar-refractivity contribution in [1.29, 1.82) is 0 Å². The molecule has 0 aliphatic carbocycles. The summed E-state index contributed by atoms with van der Waals surface area (Å²) in [6, 6.07) is 1.14. The van der Waals surface area contributed by atoms with E-state index < -0.39 is 11.6 Å². The molecule has 0 spiro atoms. The van der Waals surface area contributed by atoms with Gasteiger partial charge < -0.3 is 16.0 Å². The second-order valence-electron chi connectivity index (χ2n) is 3.82. The lowest BCUT2D eigenvalue weighted by Gasteiger charge is -2.01. The Morgan fingerprint density at radius 3 is 2.68 bits per heavy atom. The van der Waals surface area contributed by atoms with Crippen molar-refractivity contribution in [3.05, 3.63) is 30.1 Å². The van der Waals surface area contributed by atoms with Gasteiger partial charge >= 0.3 is 0 Å². The third kappa shape index (κ3) is 1.65. The van der Waals surface area contributed by atoms with Gasteiger partial charge in [0.2, 0.25) is 5.58 Å². The van der Waals surface area contributed by atoms with Gasteiger partial charge in [0.05, 0.1) is 18.0 Å². The molecule has 6 nitrogen and oxygen atoms in total. The molecule has 0 aliphatic rings. The predicted molar refractivity (Wildman–Crippen MR) is 63.8 cm³/mol. The minimum absolute atomic E-state index is 0.0151. The maximum Gasteiger partial charge on any atom is 0.211 e. The molecule has 3 rings (SSSR count). The number of anilines is 2. The Labute approximate surface area is 105 Å². The molecule has 3 aromatic heterocycles. The molecule has 0 saturated heterocycles. The van der Waals surface area contributed by atoms with Crippen LogP contribution in [0.4, 0.5) is 20.3 Å². The van der Waals surface area contributed by atoms with Gasteiger partial charge in [0.15, 0.2) is 5.82 Å². The highest BCUT2D eigenvalue weighted by molar-refractivity contribution is 5.96. The molecule has 0 radical (unpaired) electrons. The molecule has 19 heavy (non-hydrogen) atoms. The highest BCUT2D eigenvalue weighted by Gasteiger charge is 2.19. The van der Waals surface area contributed by atoms with Crippen molar-refractivity contribution in [3.63, 3.8) is 0 Å². The molecule has 0 fully saturated rings. The van der Waals surface area contributed by atoms with Gasteiger partial charge in [-0.1, -0.05) is 5.16 Å². The van der Waals surface area contributed by atoms with E-state index in [2.05, 4.69) is 15.1 Å². The second kappa shape index (κ2) is 3.87. The van der Waals surface area contributed by atoms with Crippen molar-refractivity contribution in [2.75, 3.05) is 11.5 Å². The Morgan fingerprint density at radius 1 is 1.11 bits per heavy atom. The van der Waals surface area contributed by atoms with E-state index >= 15 is 0 Å². The van der Waals surface area contributed by atoms with Gasteiger partial charge in [0, 0.05) is 0 Å². The fraction of sp³-hybridized carbons (Fsp3) is 0. The van der Waals surface area contributed by atoms with E-state index in [0.29, 0.717) is 0 Å². The van der Waals surface area contributed by atoms with Crippen LogP contribution in [0.25, 0.3) is 22.4 Å². The lowest BCUT2D eigenvalue weighted by molar-refractivity contribution is 0.458. The number of nitrogens with two attached hydrogens (primary N) is 2. The molecule has 0 atom stereocenters. The maximum atomic E-state index is 13.2. The fourth-order valence-electron chi connectivity index (χ4n) is 1.70. The maximum absolute atomic E-state index is 13.2. The van der Waals surface area contributed by atoms with E-state index in [1.54, 1.807) is 0 Å². The zero-order valence-electron chi connectivity index (χ0n) is 9.39. The number of nitrogens with zero attached hydrogens (tertiary/aromatic N) is 3. The van der Waals surface area contributed by atoms with Crippen LogP contribution >= 0.6 is 0 Å². The summed E-state index contributed by atoms with van der Waals surface area (Å²) < 4.78 is 31.4. The lowest BCUT2D eigenvalue weighted by atomic mass is 10.1. The number of rotatable bonds is 1. The van der Waals surface area contributed by atoms with Crippen LogP contribution in [0.2, 0.25) is 0 Å². The van der Waals surface area contributed by atoms with E-state index in [-0.39, 0.29) is 33.9 Å². The Bertz CT molecular complexity index is 786. The molecule has 0 saturated carbocycles. The van der Waals surface area contributed by atoms with Crippen molar-refractivity contribution in [2.45, 2.75) is 0 Å². The van der Waals surface area contributed by atoms with Crippen molar-refractivity contribution in [2.24, 2.45) is 0 Å². The SMILES string of the molecule is Nc1ncc(F)cc1-c1noc2c(N)c(F)cnc12. The minimum atomic E-state index is -0.722. The van der Waals surface area contributed by atoms with Gasteiger partial charge in [-0.15, -0.1) is 0 Å². The van der Waals surface area contributed by atoms with Gasteiger partial charge in [-0.25, -0.2) is 18.7 Å². The van der Waals surface area contributed by atoms with Crippen molar-refractivity contribution in [1.82, 2.24) is 15.1 Å². The van der Waals surface area contributed by atoms with Crippen LogP contribution in [0.5, 0.6) is 0 Å². The highest BCUT2D eigenvalue weighted by atomic mass is 19.1. The van der Waals surface area contributed by atoms with E-state index in [1.165, 1.54) is 0 Å². The average Bonchev–Trinajstić information content (AvgIpc) is 2.81. The van der Waals surface area contributed by atoms with Gasteiger partial charge in [-0.05, 0) is 6.07 Å². The summed E-state index contributed by atoms with van der Waals surface area (Å²) in [4.78, 5) is 7.50. The number of halogens is 2. The number of hydrogen-bond donors (Lipinski definition) is 2. The second-order valence-corrected chi connectivity index (χ2v) is 3.82. The smallest absolute Gasteiger partial charge is 0.211 e. The number of nitrogen functional groups attached to an aromatic ring is 2. The highest BCUT2D eigenvalue weighted by Crippen LogP contribution is 2.32. The number of hydrogen-bond acceptors (Lipinski definition) is 6. The fourth-order valence-corrected chi connectivity index (χ4v) is 1.70. The molecule has 4 N–H and O–H groups in total. The van der Waals surface area contributed by atoms with Crippen molar-refractivity contribution in [3.8, 4) is 11.3 Å². The van der Waals surface area contributed by atoms with Crippen LogP contribution in [0.1, 0.15) is 0 Å². The molecule has 0 bridgehead atoms. The predicted octanol–water partition coefficient (Wildman–Crippen LogP) is 1.73. The van der Waals surface area contributed by atoms with Crippen molar-refractivity contribution < 1.29 is 13.3 Å². The lowest BCUT2D eigenvalue weighted by Crippen LogP contribution is -1.96. The van der Waals surface area contributed by atoms with Crippen LogP contribution in [-0.2, 0) is 0 Å². The molecule has 0 aromatic carbocycles. The molecule has 8 heteroatoms. The molecule has 3 heterocycles. The van der Waals surface area contributed by atoms with Gasteiger partial charge in [0.25, 0.3) is 0 Å². The van der Waals surface area contributed by atoms with Crippen LogP contribution < -0.4 is 11.5 Å². The summed E-state index contributed by atoms with van der Waals surface area (Å²) >= 11 is 0. The number of fused-ring (bicyclic) bond motifs is 1. The molecule has 0 aliphatic heterocycles. The topological polar surface area (TPSA) is 104 Å². The standard InChI is InChI=1S/C11H7F2N5O/c12-4-1-5(11(15)17-2-4)8-9-10(19-18-8)7(14)6(13)3-16-9/h1-3H,(H2,14,16)(H2,15,17). The van der Waals surface area contributed by atoms with Gasteiger partial charge in [-0.3, -0.25) is 0 Å². The van der Waals surface area contributed by atoms with E-state index in [1.807, 2.05) is 0 Å². The normalized spacial score (nSPS) is 11.1. The first kappa shape index (κ1) is 11.3. The molecule has 3 aromatic rings. The van der Waals surface area contributed by atoms with Crippen LogP contribution in [0.3, 0.4) is 0 Å². The first-order valence-electron chi connectivity index (χ1n) is 5.18. The van der Waals surface area contributed by atoms with E-state index in [9.17, 15) is 8.78 Å². The molecular formula is C11H7F2N5O. The zero-order chi connectivity index (χ0) is 13.6. The van der Waals surface area contributed by atoms with Gasteiger partial charge in [0.1, 0.15) is 28.5 Å².